The maximum Gasteiger partial charge on any atom is 0.331 e. The van der Waals surface area contributed by atoms with E-state index in [4.69, 9.17) is 4.74 Å². The second kappa shape index (κ2) is 8.80. The molecule has 10 heteroatoms. The maximum absolute atomic E-state index is 13.5. The number of halogens is 3. The van der Waals surface area contributed by atoms with Crippen molar-refractivity contribution >= 4 is 29.3 Å². The van der Waals surface area contributed by atoms with E-state index in [1.165, 1.54) is 37.3 Å². The first-order valence-corrected chi connectivity index (χ1v) is 7.76. The van der Waals surface area contributed by atoms with Crippen LogP contribution in [0.5, 0.6) is 0 Å². The van der Waals surface area contributed by atoms with Gasteiger partial charge in [-0.15, -0.1) is 0 Å². The number of carbonyl (C=O) groups is 2. The fourth-order valence-corrected chi connectivity index (χ4v) is 2.00. The maximum atomic E-state index is 13.5. The smallest absolute Gasteiger partial charge is 0.331 e. The van der Waals surface area contributed by atoms with Crippen molar-refractivity contribution < 1.29 is 32.4 Å². The van der Waals surface area contributed by atoms with Crippen molar-refractivity contribution in [3.8, 4) is 0 Å². The second-order valence-corrected chi connectivity index (χ2v) is 5.47. The van der Waals surface area contributed by atoms with Crippen molar-refractivity contribution in [1.82, 2.24) is 0 Å². The molecule has 0 spiro atoms. The largest absolute Gasteiger partial charge is 0.449 e. The van der Waals surface area contributed by atoms with Gasteiger partial charge in [-0.3, -0.25) is 14.9 Å². The van der Waals surface area contributed by atoms with Gasteiger partial charge in [0.05, 0.1) is 10.6 Å². The number of nitrogens with one attached hydrogen (secondary N) is 1. The first-order valence-electron chi connectivity index (χ1n) is 7.76. The third kappa shape index (κ3) is 5.16. The number of nitro groups is 1. The standard InChI is InChI=1S/C18H13F3N2O5/c1-10(18(25)22-14-8-7-13(19)16(20)17(14)21)28-15(24)9-4-11-2-5-12(6-3-11)23(26)27/h2-10H,1H3,(H,22,25)/b9-4+/t10-/m0/s1. The number of rotatable bonds is 6. The van der Waals surface area contributed by atoms with E-state index < -0.39 is 46.0 Å². The second-order valence-electron chi connectivity index (χ2n) is 5.47. The summed E-state index contributed by atoms with van der Waals surface area (Å²) in [6, 6.07) is 6.77. The summed E-state index contributed by atoms with van der Waals surface area (Å²) >= 11 is 0. The normalized spacial score (nSPS) is 11.9. The first kappa shape index (κ1) is 20.6. The zero-order chi connectivity index (χ0) is 20.8. The minimum atomic E-state index is -1.74. The fraction of sp³-hybridized carbons (Fsp3) is 0.111. The van der Waals surface area contributed by atoms with E-state index in [-0.39, 0.29) is 5.69 Å². The molecule has 146 valence electrons. The molecule has 1 amide bonds. The van der Waals surface area contributed by atoms with E-state index in [9.17, 15) is 32.9 Å². The topological polar surface area (TPSA) is 98.5 Å². The molecule has 0 aliphatic rings. The average molecular weight is 394 g/mol. The summed E-state index contributed by atoms with van der Waals surface area (Å²) in [6.07, 6.45) is 0.941. The highest BCUT2D eigenvalue weighted by atomic mass is 19.2. The summed E-state index contributed by atoms with van der Waals surface area (Å²) in [7, 11) is 0. The number of nitro benzene ring substituents is 1. The molecule has 0 aliphatic carbocycles. The molecule has 1 N–H and O–H groups in total. The van der Waals surface area contributed by atoms with Crippen LogP contribution >= 0.6 is 0 Å². The number of anilines is 1. The molecule has 7 nitrogen and oxygen atoms in total. The van der Waals surface area contributed by atoms with Crippen LogP contribution in [0, 0.1) is 27.6 Å². The number of hydrogen-bond acceptors (Lipinski definition) is 5. The van der Waals surface area contributed by atoms with Crippen molar-refractivity contribution in [3.63, 3.8) is 0 Å². The van der Waals surface area contributed by atoms with Gasteiger partial charge < -0.3 is 10.1 Å². The molecule has 0 saturated heterocycles. The Balaban J connectivity index is 1.95. The van der Waals surface area contributed by atoms with Crippen molar-refractivity contribution in [3.05, 3.63) is 75.6 Å². The third-order valence-corrected chi connectivity index (χ3v) is 3.47. The number of carbonyl (C=O) groups excluding carboxylic acids is 2. The van der Waals surface area contributed by atoms with Crippen LogP contribution in [-0.4, -0.2) is 22.9 Å². The highest BCUT2D eigenvalue weighted by Gasteiger charge is 2.20. The zero-order valence-electron chi connectivity index (χ0n) is 14.3. The van der Waals surface area contributed by atoms with Gasteiger partial charge in [-0.05, 0) is 42.8 Å². The lowest BCUT2D eigenvalue weighted by atomic mass is 10.2. The molecule has 1 atom stereocenters. The summed E-state index contributed by atoms with van der Waals surface area (Å²) in [6.45, 7) is 1.20. The Morgan fingerprint density at radius 3 is 2.36 bits per heavy atom. The number of esters is 1. The van der Waals surface area contributed by atoms with Crippen LogP contribution in [0.1, 0.15) is 12.5 Å². The predicted octanol–water partition coefficient (Wildman–Crippen LogP) is 3.60. The summed E-state index contributed by atoms with van der Waals surface area (Å²) in [5.74, 6) is -6.60. The molecule has 0 aliphatic heterocycles. The Morgan fingerprint density at radius 1 is 1.11 bits per heavy atom. The Labute approximate surface area is 156 Å². The Morgan fingerprint density at radius 2 is 1.75 bits per heavy atom. The molecule has 0 radical (unpaired) electrons. The van der Waals surface area contributed by atoms with Gasteiger partial charge in [-0.1, -0.05) is 0 Å². The monoisotopic (exact) mass is 394 g/mol. The Hall–Kier alpha value is -3.69. The number of non-ortho nitro benzene ring substituents is 1. The van der Waals surface area contributed by atoms with Gasteiger partial charge in [-0.2, -0.15) is 0 Å². The fourth-order valence-electron chi connectivity index (χ4n) is 2.00. The van der Waals surface area contributed by atoms with Crippen LogP contribution in [0.4, 0.5) is 24.5 Å². The lowest BCUT2D eigenvalue weighted by molar-refractivity contribution is -0.384. The van der Waals surface area contributed by atoms with Gasteiger partial charge in [0.15, 0.2) is 23.6 Å². The van der Waals surface area contributed by atoms with E-state index in [0.29, 0.717) is 11.6 Å². The van der Waals surface area contributed by atoms with Crippen LogP contribution in [-0.2, 0) is 14.3 Å². The van der Waals surface area contributed by atoms with Gasteiger partial charge >= 0.3 is 5.97 Å². The molecule has 0 bridgehead atoms. The number of nitrogens with zero attached hydrogens (tertiary/aromatic N) is 1. The van der Waals surface area contributed by atoms with Crippen molar-refractivity contribution in [2.24, 2.45) is 0 Å². The highest BCUT2D eigenvalue weighted by Crippen LogP contribution is 2.20. The minimum absolute atomic E-state index is 0.116. The van der Waals surface area contributed by atoms with Crippen LogP contribution in [0.25, 0.3) is 6.08 Å². The molecule has 2 rings (SSSR count). The number of ether oxygens (including phenoxy) is 1. The third-order valence-electron chi connectivity index (χ3n) is 3.47. The lowest BCUT2D eigenvalue weighted by Gasteiger charge is -2.13. The summed E-state index contributed by atoms with van der Waals surface area (Å²) in [5.41, 5.74) is -0.244. The van der Waals surface area contributed by atoms with Gasteiger partial charge in [0, 0.05) is 18.2 Å². The van der Waals surface area contributed by atoms with Crippen LogP contribution < -0.4 is 5.32 Å². The average Bonchev–Trinajstić information content (AvgIpc) is 2.67. The van der Waals surface area contributed by atoms with Gasteiger partial charge in [0.25, 0.3) is 11.6 Å². The molecule has 0 fully saturated rings. The van der Waals surface area contributed by atoms with Crippen molar-refractivity contribution in [2.45, 2.75) is 13.0 Å². The highest BCUT2D eigenvalue weighted by molar-refractivity contribution is 5.96. The molecular formula is C18H13F3N2O5. The quantitative estimate of drug-likeness (QED) is 0.265. The predicted molar refractivity (Wildman–Crippen MR) is 92.6 cm³/mol. The zero-order valence-corrected chi connectivity index (χ0v) is 14.3. The number of benzene rings is 2. The number of hydrogen-bond donors (Lipinski definition) is 1. The van der Waals surface area contributed by atoms with Gasteiger partial charge in [0.1, 0.15) is 0 Å². The van der Waals surface area contributed by atoms with E-state index in [2.05, 4.69) is 0 Å². The van der Waals surface area contributed by atoms with E-state index >= 15 is 0 Å². The van der Waals surface area contributed by atoms with Gasteiger partial charge in [-0.25, -0.2) is 18.0 Å². The molecule has 0 heterocycles. The van der Waals surface area contributed by atoms with E-state index in [1.807, 2.05) is 5.32 Å². The van der Waals surface area contributed by atoms with Crippen molar-refractivity contribution in [1.29, 1.82) is 0 Å². The molecular weight excluding hydrogens is 381 g/mol. The Kier molecular flexibility index (Phi) is 6.48. The van der Waals surface area contributed by atoms with Gasteiger partial charge in [0.2, 0.25) is 0 Å². The number of amides is 1. The molecule has 28 heavy (non-hydrogen) atoms. The van der Waals surface area contributed by atoms with Crippen LogP contribution in [0.2, 0.25) is 0 Å². The molecule has 2 aromatic carbocycles. The van der Waals surface area contributed by atoms with Crippen molar-refractivity contribution in [2.75, 3.05) is 5.32 Å². The summed E-state index contributed by atoms with van der Waals surface area (Å²) in [4.78, 5) is 33.6. The van der Waals surface area contributed by atoms with E-state index in [1.54, 1.807) is 0 Å². The van der Waals surface area contributed by atoms with Crippen LogP contribution in [0.3, 0.4) is 0 Å². The molecule has 0 unspecified atom stereocenters. The van der Waals surface area contributed by atoms with Crippen LogP contribution in [0.15, 0.2) is 42.5 Å². The Bertz CT molecular complexity index is 945. The molecule has 0 aromatic heterocycles. The minimum Gasteiger partial charge on any atom is -0.449 e. The van der Waals surface area contributed by atoms with E-state index in [0.717, 1.165) is 12.1 Å². The molecule has 0 saturated carbocycles. The molecule has 2 aromatic rings. The first-order chi connectivity index (χ1) is 13.2. The summed E-state index contributed by atoms with van der Waals surface area (Å²) < 4.78 is 44.4. The SMILES string of the molecule is C[C@H](OC(=O)/C=C/c1ccc([N+](=O)[O-])cc1)C(=O)Nc1ccc(F)c(F)c1F. The summed E-state index contributed by atoms with van der Waals surface area (Å²) in [5, 5.41) is 12.6. The lowest BCUT2D eigenvalue weighted by Crippen LogP contribution is -2.29.